The summed E-state index contributed by atoms with van der Waals surface area (Å²) in [7, 11) is 3.65. The predicted octanol–water partition coefficient (Wildman–Crippen LogP) is 1.13. The van der Waals surface area contributed by atoms with Crippen molar-refractivity contribution in [1.29, 1.82) is 0 Å². The topological polar surface area (TPSA) is 81.7 Å². The van der Waals surface area contributed by atoms with Gasteiger partial charge < -0.3 is 20.6 Å². The van der Waals surface area contributed by atoms with Crippen molar-refractivity contribution in [3.8, 4) is 0 Å². The monoisotopic (exact) mass is 285 g/mol. The van der Waals surface area contributed by atoms with Crippen LogP contribution in [-0.2, 0) is 4.79 Å². The number of carbonyl (C=O) groups excluding carboxylic acids is 1. The van der Waals surface area contributed by atoms with Gasteiger partial charge in [0.05, 0.1) is 5.92 Å². The number of aliphatic carboxylic acids is 1. The first-order valence-electron chi connectivity index (χ1n) is 7.42. The molecule has 1 saturated carbocycles. The van der Waals surface area contributed by atoms with Crippen LogP contribution in [0.4, 0.5) is 4.79 Å². The Morgan fingerprint density at radius 3 is 2.65 bits per heavy atom. The second kappa shape index (κ2) is 8.79. The van der Waals surface area contributed by atoms with Crippen molar-refractivity contribution in [3.63, 3.8) is 0 Å². The fourth-order valence-corrected chi connectivity index (χ4v) is 2.73. The number of nitrogens with one attached hydrogen (secondary N) is 2. The largest absolute Gasteiger partial charge is 0.481 e. The van der Waals surface area contributed by atoms with Crippen LogP contribution in [0.15, 0.2) is 0 Å². The van der Waals surface area contributed by atoms with Gasteiger partial charge in [-0.1, -0.05) is 12.8 Å². The fraction of sp³-hybridized carbons (Fsp3) is 0.857. The normalized spacial score (nSPS) is 22.3. The Morgan fingerprint density at radius 2 is 2.00 bits per heavy atom. The van der Waals surface area contributed by atoms with Crippen molar-refractivity contribution in [2.75, 3.05) is 33.7 Å². The SMILES string of the molecule is CNCCCN(C)C(=O)NCC1CCCCC1C(=O)O. The molecule has 6 nitrogen and oxygen atoms in total. The van der Waals surface area contributed by atoms with E-state index >= 15 is 0 Å². The zero-order chi connectivity index (χ0) is 15.0. The van der Waals surface area contributed by atoms with Crippen LogP contribution in [0.25, 0.3) is 0 Å². The van der Waals surface area contributed by atoms with Crippen molar-refractivity contribution >= 4 is 12.0 Å². The molecule has 0 aromatic heterocycles. The van der Waals surface area contributed by atoms with Crippen LogP contribution in [0.3, 0.4) is 0 Å². The predicted molar refractivity (Wildman–Crippen MR) is 77.7 cm³/mol. The molecule has 0 radical (unpaired) electrons. The molecule has 1 aliphatic carbocycles. The van der Waals surface area contributed by atoms with Gasteiger partial charge in [0.2, 0.25) is 0 Å². The Morgan fingerprint density at radius 1 is 1.30 bits per heavy atom. The summed E-state index contributed by atoms with van der Waals surface area (Å²) >= 11 is 0. The number of urea groups is 1. The van der Waals surface area contributed by atoms with Gasteiger partial charge in [-0.05, 0) is 38.8 Å². The second-order valence-corrected chi connectivity index (χ2v) is 5.55. The van der Waals surface area contributed by atoms with Crippen LogP contribution in [-0.4, -0.2) is 55.7 Å². The molecule has 0 heterocycles. The van der Waals surface area contributed by atoms with Crippen LogP contribution in [0.5, 0.6) is 0 Å². The van der Waals surface area contributed by atoms with Gasteiger partial charge in [-0.2, -0.15) is 0 Å². The van der Waals surface area contributed by atoms with Gasteiger partial charge in [-0.3, -0.25) is 4.79 Å². The van der Waals surface area contributed by atoms with Gasteiger partial charge in [0.15, 0.2) is 0 Å². The molecule has 0 aromatic rings. The minimum atomic E-state index is -0.730. The van der Waals surface area contributed by atoms with Gasteiger partial charge in [-0.15, -0.1) is 0 Å². The van der Waals surface area contributed by atoms with E-state index in [0.29, 0.717) is 13.1 Å². The third kappa shape index (κ3) is 5.36. The Balaban J connectivity index is 2.33. The zero-order valence-corrected chi connectivity index (χ0v) is 12.5. The van der Waals surface area contributed by atoms with E-state index in [0.717, 1.165) is 38.6 Å². The van der Waals surface area contributed by atoms with Crippen molar-refractivity contribution in [3.05, 3.63) is 0 Å². The first-order chi connectivity index (χ1) is 9.56. The van der Waals surface area contributed by atoms with Crippen molar-refractivity contribution < 1.29 is 14.7 Å². The average Bonchev–Trinajstić information content (AvgIpc) is 2.45. The van der Waals surface area contributed by atoms with Crippen molar-refractivity contribution in [1.82, 2.24) is 15.5 Å². The number of carboxylic acid groups (broad SMARTS) is 1. The Kier molecular flexibility index (Phi) is 7.36. The highest BCUT2D eigenvalue weighted by Gasteiger charge is 2.30. The number of amides is 2. The summed E-state index contributed by atoms with van der Waals surface area (Å²) in [5, 5.41) is 15.1. The lowest BCUT2D eigenvalue weighted by molar-refractivity contribution is -0.144. The molecule has 20 heavy (non-hydrogen) atoms. The summed E-state index contributed by atoms with van der Waals surface area (Å²) in [5.74, 6) is -0.971. The standard InChI is InChI=1S/C14H27N3O3/c1-15-8-5-9-17(2)14(20)16-10-11-6-3-4-7-12(11)13(18)19/h11-12,15H,3-10H2,1-2H3,(H,16,20)(H,18,19). The molecule has 2 atom stereocenters. The van der Waals surface area contributed by atoms with Crippen LogP contribution >= 0.6 is 0 Å². The van der Waals surface area contributed by atoms with Crippen LogP contribution in [0.1, 0.15) is 32.1 Å². The molecular formula is C14H27N3O3. The average molecular weight is 285 g/mol. The Hall–Kier alpha value is -1.30. The molecule has 1 fully saturated rings. The molecule has 0 aromatic carbocycles. The highest BCUT2D eigenvalue weighted by Crippen LogP contribution is 2.29. The number of carbonyl (C=O) groups is 2. The molecule has 0 saturated heterocycles. The molecule has 0 spiro atoms. The number of hydrogen-bond acceptors (Lipinski definition) is 3. The van der Waals surface area contributed by atoms with Crippen LogP contribution in [0, 0.1) is 11.8 Å². The van der Waals surface area contributed by atoms with E-state index in [-0.39, 0.29) is 17.9 Å². The van der Waals surface area contributed by atoms with E-state index < -0.39 is 5.97 Å². The van der Waals surface area contributed by atoms with Gasteiger partial charge in [0.1, 0.15) is 0 Å². The van der Waals surface area contributed by atoms with E-state index in [2.05, 4.69) is 10.6 Å². The third-order valence-corrected chi connectivity index (χ3v) is 4.01. The molecule has 1 rings (SSSR count). The van der Waals surface area contributed by atoms with Crippen LogP contribution < -0.4 is 10.6 Å². The maximum absolute atomic E-state index is 11.9. The van der Waals surface area contributed by atoms with Gasteiger partial charge in [0.25, 0.3) is 0 Å². The summed E-state index contributed by atoms with van der Waals surface area (Å²) < 4.78 is 0. The first-order valence-corrected chi connectivity index (χ1v) is 7.42. The zero-order valence-electron chi connectivity index (χ0n) is 12.5. The lowest BCUT2D eigenvalue weighted by Gasteiger charge is -2.29. The summed E-state index contributed by atoms with van der Waals surface area (Å²) in [5.41, 5.74) is 0. The maximum Gasteiger partial charge on any atom is 0.317 e. The number of carboxylic acids is 1. The highest BCUT2D eigenvalue weighted by atomic mass is 16.4. The lowest BCUT2D eigenvalue weighted by atomic mass is 9.79. The molecule has 116 valence electrons. The molecule has 2 unspecified atom stereocenters. The number of nitrogens with zero attached hydrogens (tertiary/aromatic N) is 1. The summed E-state index contributed by atoms with van der Waals surface area (Å²) in [6.45, 7) is 2.03. The maximum atomic E-state index is 11.9. The summed E-state index contributed by atoms with van der Waals surface area (Å²) in [6, 6.07) is -0.115. The quantitative estimate of drug-likeness (QED) is 0.612. The molecule has 3 N–H and O–H groups in total. The van der Waals surface area contributed by atoms with E-state index in [1.165, 1.54) is 0 Å². The molecule has 0 bridgehead atoms. The first kappa shape index (κ1) is 16.8. The third-order valence-electron chi connectivity index (χ3n) is 4.01. The fourth-order valence-electron chi connectivity index (χ4n) is 2.73. The molecule has 6 heteroatoms. The van der Waals surface area contributed by atoms with Crippen molar-refractivity contribution in [2.45, 2.75) is 32.1 Å². The molecular weight excluding hydrogens is 258 g/mol. The minimum Gasteiger partial charge on any atom is -0.481 e. The summed E-state index contributed by atoms with van der Waals surface area (Å²) in [6.07, 6.45) is 4.56. The van der Waals surface area contributed by atoms with Gasteiger partial charge in [0, 0.05) is 20.1 Å². The lowest BCUT2D eigenvalue weighted by Crippen LogP contribution is -2.43. The van der Waals surface area contributed by atoms with Gasteiger partial charge >= 0.3 is 12.0 Å². The van der Waals surface area contributed by atoms with E-state index in [1.807, 2.05) is 7.05 Å². The van der Waals surface area contributed by atoms with E-state index in [9.17, 15) is 14.7 Å². The molecule has 1 aliphatic rings. The van der Waals surface area contributed by atoms with Crippen molar-refractivity contribution in [2.24, 2.45) is 11.8 Å². The van der Waals surface area contributed by atoms with Crippen LogP contribution in [0.2, 0.25) is 0 Å². The summed E-state index contributed by atoms with van der Waals surface area (Å²) in [4.78, 5) is 24.7. The Bertz CT molecular complexity index is 323. The smallest absolute Gasteiger partial charge is 0.317 e. The Labute approximate surface area is 120 Å². The van der Waals surface area contributed by atoms with E-state index in [4.69, 9.17) is 0 Å². The molecule has 0 aliphatic heterocycles. The van der Waals surface area contributed by atoms with E-state index in [1.54, 1.807) is 11.9 Å². The van der Waals surface area contributed by atoms with Gasteiger partial charge in [-0.25, -0.2) is 4.79 Å². The minimum absolute atomic E-state index is 0.0657. The molecule has 2 amide bonds. The highest BCUT2D eigenvalue weighted by molar-refractivity contribution is 5.74. The number of hydrogen-bond donors (Lipinski definition) is 3. The second-order valence-electron chi connectivity index (χ2n) is 5.55. The number of rotatable bonds is 7.